The number of carboxylic acid groups (broad SMARTS) is 1. The predicted octanol–water partition coefficient (Wildman–Crippen LogP) is 1.47. The van der Waals surface area contributed by atoms with Crippen molar-refractivity contribution >= 4 is 17.6 Å². The quantitative estimate of drug-likeness (QED) is 0.859. The summed E-state index contributed by atoms with van der Waals surface area (Å²) < 4.78 is 0. The van der Waals surface area contributed by atoms with E-state index in [0.29, 0.717) is 18.8 Å². The molecule has 0 bridgehead atoms. The summed E-state index contributed by atoms with van der Waals surface area (Å²) in [5.41, 5.74) is 1.38. The highest BCUT2D eigenvalue weighted by molar-refractivity contribution is 5.93. The zero-order chi connectivity index (χ0) is 15.4. The van der Waals surface area contributed by atoms with E-state index in [0.717, 1.165) is 18.8 Å². The van der Waals surface area contributed by atoms with Gasteiger partial charge in [0.05, 0.1) is 6.42 Å². The lowest BCUT2D eigenvalue weighted by Crippen LogP contribution is -2.47. The van der Waals surface area contributed by atoms with E-state index in [2.05, 4.69) is 9.88 Å². The Hall–Kier alpha value is -2.11. The Morgan fingerprint density at radius 3 is 2.62 bits per heavy atom. The Bertz CT molecular complexity index is 523. The van der Waals surface area contributed by atoms with Gasteiger partial charge in [0.15, 0.2) is 0 Å². The minimum Gasteiger partial charge on any atom is -0.481 e. The number of pyridine rings is 1. The maximum atomic E-state index is 12.3. The maximum absolute atomic E-state index is 12.3. The zero-order valence-electron chi connectivity index (χ0n) is 12.5. The van der Waals surface area contributed by atoms with E-state index in [1.807, 2.05) is 19.9 Å². The number of aromatic nitrogens is 1. The van der Waals surface area contributed by atoms with Crippen LogP contribution in [-0.4, -0.2) is 53.0 Å². The lowest BCUT2D eigenvalue weighted by Gasteiger charge is -2.40. The van der Waals surface area contributed by atoms with Crippen LogP contribution in [0.2, 0.25) is 0 Å². The van der Waals surface area contributed by atoms with Gasteiger partial charge in [-0.15, -0.1) is 0 Å². The number of carbonyl (C=O) groups is 2. The van der Waals surface area contributed by atoms with Gasteiger partial charge in [-0.05, 0) is 26.0 Å². The van der Waals surface area contributed by atoms with Gasteiger partial charge in [0.1, 0.15) is 5.69 Å². The van der Waals surface area contributed by atoms with Gasteiger partial charge < -0.3 is 14.9 Å². The first kappa shape index (κ1) is 15.3. The van der Waals surface area contributed by atoms with Gasteiger partial charge in [-0.25, -0.2) is 0 Å². The van der Waals surface area contributed by atoms with E-state index >= 15 is 0 Å². The molecule has 1 N–H and O–H groups in total. The number of anilines is 1. The SMILES string of the molecule is CCN(CC)C(=O)c1cc(N2CC(CC(=O)O)C2)ccn1. The second-order valence-corrected chi connectivity index (χ2v) is 5.25. The molecule has 2 rings (SSSR count). The Labute approximate surface area is 124 Å². The molecule has 0 aliphatic carbocycles. The molecule has 1 amide bonds. The van der Waals surface area contributed by atoms with Crippen LogP contribution in [0.15, 0.2) is 18.3 Å². The number of hydrogen-bond acceptors (Lipinski definition) is 4. The molecule has 114 valence electrons. The van der Waals surface area contributed by atoms with Crippen molar-refractivity contribution < 1.29 is 14.7 Å². The third-order valence-corrected chi connectivity index (χ3v) is 3.80. The highest BCUT2D eigenvalue weighted by atomic mass is 16.4. The Morgan fingerprint density at radius 1 is 1.38 bits per heavy atom. The largest absolute Gasteiger partial charge is 0.481 e. The molecule has 6 nitrogen and oxygen atoms in total. The van der Waals surface area contributed by atoms with Crippen LogP contribution in [0.1, 0.15) is 30.8 Å². The van der Waals surface area contributed by atoms with E-state index < -0.39 is 5.97 Å². The Morgan fingerprint density at radius 2 is 2.05 bits per heavy atom. The van der Waals surface area contributed by atoms with Crippen molar-refractivity contribution in [3.05, 3.63) is 24.0 Å². The van der Waals surface area contributed by atoms with E-state index in [9.17, 15) is 9.59 Å². The molecule has 0 unspecified atom stereocenters. The summed E-state index contributed by atoms with van der Waals surface area (Å²) in [7, 11) is 0. The van der Waals surface area contributed by atoms with Crippen LogP contribution in [0, 0.1) is 5.92 Å². The van der Waals surface area contributed by atoms with Gasteiger partial charge in [0.2, 0.25) is 0 Å². The van der Waals surface area contributed by atoms with Crippen LogP contribution < -0.4 is 4.90 Å². The summed E-state index contributed by atoms with van der Waals surface area (Å²) >= 11 is 0. The normalized spacial score (nSPS) is 14.7. The van der Waals surface area contributed by atoms with Gasteiger partial charge >= 0.3 is 5.97 Å². The molecule has 0 saturated carbocycles. The summed E-state index contributed by atoms with van der Waals surface area (Å²) in [6.07, 6.45) is 1.84. The molecule has 21 heavy (non-hydrogen) atoms. The molecule has 1 fully saturated rings. The average Bonchev–Trinajstić information content (AvgIpc) is 2.43. The van der Waals surface area contributed by atoms with Gasteiger partial charge in [-0.1, -0.05) is 0 Å². The van der Waals surface area contributed by atoms with Crippen LogP contribution in [0.3, 0.4) is 0 Å². The summed E-state index contributed by atoms with van der Waals surface area (Å²) in [6.45, 7) is 6.63. The molecule has 1 aromatic rings. The van der Waals surface area contributed by atoms with Crippen molar-refractivity contribution in [2.24, 2.45) is 5.92 Å². The molecule has 0 aromatic carbocycles. The summed E-state index contributed by atoms with van der Waals surface area (Å²) in [4.78, 5) is 30.9. The predicted molar refractivity (Wildman–Crippen MR) is 79.4 cm³/mol. The van der Waals surface area contributed by atoms with Gasteiger partial charge in [-0.2, -0.15) is 0 Å². The van der Waals surface area contributed by atoms with Crippen molar-refractivity contribution in [3.8, 4) is 0 Å². The highest BCUT2D eigenvalue weighted by Gasteiger charge is 2.29. The minimum absolute atomic E-state index is 0.0653. The van der Waals surface area contributed by atoms with E-state index in [1.54, 1.807) is 17.2 Å². The van der Waals surface area contributed by atoms with Gasteiger partial charge in [0.25, 0.3) is 5.91 Å². The number of nitrogens with zero attached hydrogens (tertiary/aromatic N) is 3. The van der Waals surface area contributed by atoms with Crippen molar-refractivity contribution in [3.63, 3.8) is 0 Å². The van der Waals surface area contributed by atoms with Crippen molar-refractivity contribution in [1.29, 1.82) is 0 Å². The van der Waals surface area contributed by atoms with Gasteiger partial charge in [-0.3, -0.25) is 14.6 Å². The fraction of sp³-hybridized carbons (Fsp3) is 0.533. The first-order valence-corrected chi connectivity index (χ1v) is 7.27. The summed E-state index contributed by atoms with van der Waals surface area (Å²) in [6, 6.07) is 3.65. The molecule has 1 aromatic heterocycles. The number of carboxylic acids is 1. The van der Waals surface area contributed by atoms with Crippen LogP contribution in [0.25, 0.3) is 0 Å². The van der Waals surface area contributed by atoms with Crippen LogP contribution in [0.5, 0.6) is 0 Å². The van der Waals surface area contributed by atoms with Crippen LogP contribution >= 0.6 is 0 Å². The topological polar surface area (TPSA) is 73.7 Å². The van der Waals surface area contributed by atoms with Crippen LogP contribution in [0.4, 0.5) is 5.69 Å². The zero-order valence-corrected chi connectivity index (χ0v) is 12.5. The second-order valence-electron chi connectivity index (χ2n) is 5.25. The molecular formula is C15H21N3O3. The monoisotopic (exact) mass is 291 g/mol. The maximum Gasteiger partial charge on any atom is 0.303 e. The number of amides is 1. The molecule has 6 heteroatoms. The minimum atomic E-state index is -0.758. The van der Waals surface area contributed by atoms with E-state index in [-0.39, 0.29) is 18.2 Å². The molecule has 1 aliphatic heterocycles. The molecule has 1 aliphatic rings. The molecule has 0 atom stereocenters. The third kappa shape index (κ3) is 3.51. The first-order valence-electron chi connectivity index (χ1n) is 7.27. The lowest BCUT2D eigenvalue weighted by atomic mass is 9.96. The fourth-order valence-corrected chi connectivity index (χ4v) is 2.56. The second kappa shape index (κ2) is 6.56. The molecule has 0 radical (unpaired) electrons. The molecule has 0 spiro atoms. The van der Waals surface area contributed by atoms with E-state index in [1.165, 1.54) is 0 Å². The number of aliphatic carboxylic acids is 1. The van der Waals surface area contributed by atoms with Crippen LogP contribution in [-0.2, 0) is 4.79 Å². The molecule has 2 heterocycles. The van der Waals surface area contributed by atoms with Crippen molar-refractivity contribution in [1.82, 2.24) is 9.88 Å². The third-order valence-electron chi connectivity index (χ3n) is 3.80. The summed E-state index contributed by atoms with van der Waals surface area (Å²) in [5, 5.41) is 8.76. The standard InChI is InChI=1S/C15H21N3O3/c1-3-17(4-2)15(21)13-8-12(5-6-16-13)18-9-11(10-18)7-14(19)20/h5-6,8,11H,3-4,7,9-10H2,1-2H3,(H,19,20). The Balaban J connectivity index is 2.02. The Kier molecular flexibility index (Phi) is 4.77. The fourth-order valence-electron chi connectivity index (χ4n) is 2.56. The first-order chi connectivity index (χ1) is 10.0. The molecular weight excluding hydrogens is 270 g/mol. The summed E-state index contributed by atoms with van der Waals surface area (Å²) in [5.74, 6) is -0.631. The number of rotatable bonds is 6. The average molecular weight is 291 g/mol. The van der Waals surface area contributed by atoms with Gasteiger partial charge in [0, 0.05) is 44.0 Å². The number of hydrogen-bond donors (Lipinski definition) is 1. The van der Waals surface area contributed by atoms with Crippen molar-refractivity contribution in [2.75, 3.05) is 31.1 Å². The van der Waals surface area contributed by atoms with Crippen molar-refractivity contribution in [2.45, 2.75) is 20.3 Å². The number of carbonyl (C=O) groups excluding carboxylic acids is 1. The smallest absolute Gasteiger partial charge is 0.303 e. The van der Waals surface area contributed by atoms with E-state index in [4.69, 9.17) is 5.11 Å². The highest BCUT2D eigenvalue weighted by Crippen LogP contribution is 2.26. The lowest BCUT2D eigenvalue weighted by molar-refractivity contribution is -0.138. The molecule has 1 saturated heterocycles.